The molecule has 168 valence electrons. The Labute approximate surface area is 192 Å². The lowest BCUT2D eigenvalue weighted by atomic mass is 10.1. The number of nitrogens with one attached hydrogen (secondary N) is 2. The number of amides is 2. The first-order valence-corrected chi connectivity index (χ1v) is 10.8. The van der Waals surface area contributed by atoms with Gasteiger partial charge in [0.2, 0.25) is 11.8 Å². The fourth-order valence-corrected chi connectivity index (χ4v) is 3.52. The molecule has 2 fully saturated rings. The van der Waals surface area contributed by atoms with Gasteiger partial charge >= 0.3 is 0 Å². The van der Waals surface area contributed by atoms with Crippen LogP contribution >= 0.6 is 24.0 Å². The summed E-state index contributed by atoms with van der Waals surface area (Å²) in [7, 11) is 0. The summed E-state index contributed by atoms with van der Waals surface area (Å²) in [4.78, 5) is 35.3. The van der Waals surface area contributed by atoms with Crippen LogP contribution in [0.15, 0.2) is 4.99 Å². The van der Waals surface area contributed by atoms with Gasteiger partial charge in [0.1, 0.15) is 0 Å². The number of aliphatic imine (C=N–C) groups is 1. The van der Waals surface area contributed by atoms with E-state index in [1.54, 1.807) is 0 Å². The highest BCUT2D eigenvalue weighted by Crippen LogP contribution is 2.10. The number of rotatable bonds is 7. The Kier molecular flexibility index (Phi) is 12.5. The predicted octanol–water partition coefficient (Wildman–Crippen LogP) is 0.972. The van der Waals surface area contributed by atoms with E-state index in [4.69, 9.17) is 0 Å². The van der Waals surface area contributed by atoms with Gasteiger partial charge in [-0.1, -0.05) is 13.8 Å². The predicted molar refractivity (Wildman–Crippen MR) is 128 cm³/mol. The minimum absolute atomic E-state index is 0. The summed E-state index contributed by atoms with van der Waals surface area (Å²) in [6.45, 7) is 13.6. The summed E-state index contributed by atoms with van der Waals surface area (Å²) in [6.07, 6.45) is 3.52. The summed E-state index contributed by atoms with van der Waals surface area (Å²) < 4.78 is 0. The SMILES string of the molecule is CCNC(=NCCNC(=O)C(C)C)N1CCN(CC(=O)N2CCCCC2)CC1.I. The van der Waals surface area contributed by atoms with Crippen molar-refractivity contribution < 1.29 is 9.59 Å². The Bertz CT molecular complexity index is 529. The number of piperazine rings is 1. The van der Waals surface area contributed by atoms with E-state index >= 15 is 0 Å². The van der Waals surface area contributed by atoms with Gasteiger partial charge in [-0.3, -0.25) is 19.5 Å². The first-order valence-electron chi connectivity index (χ1n) is 10.8. The molecule has 2 rings (SSSR count). The molecule has 2 saturated heterocycles. The Balaban J connectivity index is 0.00000420. The molecule has 8 nitrogen and oxygen atoms in total. The van der Waals surface area contributed by atoms with Crippen molar-refractivity contribution in [1.29, 1.82) is 0 Å². The van der Waals surface area contributed by atoms with Gasteiger partial charge in [0, 0.05) is 58.3 Å². The van der Waals surface area contributed by atoms with Crippen LogP contribution in [-0.2, 0) is 9.59 Å². The molecule has 0 bridgehead atoms. The fourth-order valence-electron chi connectivity index (χ4n) is 3.52. The van der Waals surface area contributed by atoms with Crippen molar-refractivity contribution in [2.45, 2.75) is 40.0 Å². The number of piperidine rings is 1. The van der Waals surface area contributed by atoms with E-state index in [9.17, 15) is 9.59 Å². The maximum absolute atomic E-state index is 12.5. The molecule has 0 saturated carbocycles. The van der Waals surface area contributed by atoms with Crippen molar-refractivity contribution in [2.75, 3.05) is 65.4 Å². The van der Waals surface area contributed by atoms with Crippen LogP contribution in [0.1, 0.15) is 40.0 Å². The maximum Gasteiger partial charge on any atom is 0.236 e. The van der Waals surface area contributed by atoms with Gasteiger partial charge in [0.05, 0.1) is 13.1 Å². The largest absolute Gasteiger partial charge is 0.357 e. The summed E-state index contributed by atoms with van der Waals surface area (Å²) in [5, 5.41) is 6.24. The Morgan fingerprint density at radius 2 is 1.59 bits per heavy atom. The zero-order valence-corrected chi connectivity index (χ0v) is 20.6. The minimum Gasteiger partial charge on any atom is -0.357 e. The van der Waals surface area contributed by atoms with Crippen LogP contribution in [0.4, 0.5) is 0 Å². The van der Waals surface area contributed by atoms with Crippen LogP contribution < -0.4 is 10.6 Å². The normalized spacial score (nSPS) is 18.4. The molecule has 0 aromatic rings. The molecule has 0 spiro atoms. The monoisotopic (exact) mass is 522 g/mol. The summed E-state index contributed by atoms with van der Waals surface area (Å²) >= 11 is 0. The van der Waals surface area contributed by atoms with E-state index < -0.39 is 0 Å². The molecule has 0 aromatic heterocycles. The topological polar surface area (TPSA) is 80.3 Å². The fraction of sp³-hybridized carbons (Fsp3) is 0.850. The molecule has 0 atom stereocenters. The lowest BCUT2D eigenvalue weighted by Gasteiger charge is -2.37. The van der Waals surface area contributed by atoms with Crippen molar-refractivity contribution in [2.24, 2.45) is 10.9 Å². The number of likely N-dealkylation sites (tertiary alicyclic amines) is 1. The molecular formula is C20H39IN6O2. The van der Waals surface area contributed by atoms with Gasteiger partial charge in [0.15, 0.2) is 5.96 Å². The van der Waals surface area contributed by atoms with Crippen LogP contribution in [0.3, 0.4) is 0 Å². The van der Waals surface area contributed by atoms with Crippen molar-refractivity contribution >= 4 is 41.8 Å². The molecule has 0 aliphatic carbocycles. The van der Waals surface area contributed by atoms with E-state index in [0.29, 0.717) is 19.6 Å². The number of carbonyl (C=O) groups excluding carboxylic acids is 2. The Hall–Kier alpha value is -1.10. The maximum atomic E-state index is 12.5. The second-order valence-electron chi connectivity index (χ2n) is 7.89. The number of hydrogen-bond donors (Lipinski definition) is 2. The van der Waals surface area contributed by atoms with E-state index in [1.807, 2.05) is 18.7 Å². The molecule has 2 aliphatic heterocycles. The lowest BCUT2D eigenvalue weighted by Crippen LogP contribution is -2.54. The highest BCUT2D eigenvalue weighted by atomic mass is 127. The third-order valence-corrected chi connectivity index (χ3v) is 5.27. The van der Waals surface area contributed by atoms with Gasteiger partial charge in [0.25, 0.3) is 0 Å². The second-order valence-corrected chi connectivity index (χ2v) is 7.89. The van der Waals surface area contributed by atoms with Crippen LogP contribution in [0.5, 0.6) is 0 Å². The average Bonchev–Trinajstić information content (AvgIpc) is 2.71. The molecule has 0 radical (unpaired) electrons. The van der Waals surface area contributed by atoms with Gasteiger partial charge in [-0.2, -0.15) is 0 Å². The molecule has 9 heteroatoms. The molecule has 0 aromatic carbocycles. The molecular weight excluding hydrogens is 483 g/mol. The molecule has 2 heterocycles. The number of guanidine groups is 1. The van der Waals surface area contributed by atoms with Crippen molar-refractivity contribution in [1.82, 2.24) is 25.3 Å². The van der Waals surface area contributed by atoms with Crippen molar-refractivity contribution in [3.8, 4) is 0 Å². The van der Waals surface area contributed by atoms with Crippen LogP contribution in [0.2, 0.25) is 0 Å². The Morgan fingerprint density at radius 3 is 2.17 bits per heavy atom. The summed E-state index contributed by atoms with van der Waals surface area (Å²) in [5.74, 6) is 1.23. The van der Waals surface area contributed by atoms with Crippen LogP contribution in [0, 0.1) is 5.92 Å². The van der Waals surface area contributed by atoms with Gasteiger partial charge in [-0.15, -0.1) is 24.0 Å². The average molecular weight is 522 g/mol. The number of nitrogens with zero attached hydrogens (tertiary/aromatic N) is 4. The molecule has 2 N–H and O–H groups in total. The minimum atomic E-state index is -0.00191. The first kappa shape index (κ1) is 25.9. The van der Waals surface area contributed by atoms with Gasteiger partial charge in [-0.25, -0.2) is 0 Å². The van der Waals surface area contributed by atoms with E-state index in [2.05, 4.69) is 32.3 Å². The van der Waals surface area contributed by atoms with E-state index in [1.165, 1.54) is 6.42 Å². The van der Waals surface area contributed by atoms with E-state index in [0.717, 1.165) is 64.6 Å². The van der Waals surface area contributed by atoms with Crippen LogP contribution in [0.25, 0.3) is 0 Å². The molecule has 2 amide bonds. The Morgan fingerprint density at radius 1 is 0.931 bits per heavy atom. The summed E-state index contributed by atoms with van der Waals surface area (Å²) in [5.41, 5.74) is 0. The van der Waals surface area contributed by atoms with Crippen molar-refractivity contribution in [3.63, 3.8) is 0 Å². The number of hydrogen-bond acceptors (Lipinski definition) is 4. The zero-order valence-electron chi connectivity index (χ0n) is 18.3. The summed E-state index contributed by atoms with van der Waals surface area (Å²) in [6, 6.07) is 0. The standard InChI is InChI=1S/C20H38N6O2.HI/c1-4-21-20(23-9-8-22-19(28)17(2)3)26-14-12-24(13-15-26)16-18(27)25-10-6-5-7-11-25;/h17H,4-16H2,1-3H3,(H,21,23)(H,22,28);1H. The smallest absolute Gasteiger partial charge is 0.236 e. The zero-order chi connectivity index (χ0) is 20.4. The quantitative estimate of drug-likeness (QED) is 0.226. The first-order chi connectivity index (χ1) is 13.5. The molecule has 0 unspecified atom stereocenters. The molecule has 29 heavy (non-hydrogen) atoms. The highest BCUT2D eigenvalue weighted by molar-refractivity contribution is 14.0. The third kappa shape index (κ3) is 9.06. The lowest BCUT2D eigenvalue weighted by molar-refractivity contribution is -0.133. The van der Waals surface area contributed by atoms with Gasteiger partial charge < -0.3 is 20.4 Å². The van der Waals surface area contributed by atoms with Crippen LogP contribution in [-0.4, -0.2) is 97.9 Å². The van der Waals surface area contributed by atoms with Gasteiger partial charge in [-0.05, 0) is 26.2 Å². The van der Waals surface area contributed by atoms with E-state index in [-0.39, 0.29) is 41.7 Å². The number of halogens is 1. The second kappa shape index (κ2) is 14.0. The number of carbonyl (C=O) groups is 2. The molecule has 2 aliphatic rings. The third-order valence-electron chi connectivity index (χ3n) is 5.27. The highest BCUT2D eigenvalue weighted by Gasteiger charge is 2.24. The van der Waals surface area contributed by atoms with Crippen molar-refractivity contribution in [3.05, 3.63) is 0 Å².